The Labute approximate surface area is 114 Å². The topological polar surface area (TPSA) is 55.6 Å². The van der Waals surface area contributed by atoms with E-state index in [1.807, 2.05) is 17.0 Å². The molecule has 0 fully saturated rings. The van der Waals surface area contributed by atoms with E-state index in [0.717, 1.165) is 50.1 Å². The molecule has 0 spiro atoms. The molecule has 1 aromatic rings. The molecule has 1 aliphatic heterocycles. The van der Waals surface area contributed by atoms with Crippen LogP contribution in [-0.2, 0) is 11.3 Å². The molecule has 0 saturated carbocycles. The van der Waals surface area contributed by atoms with Gasteiger partial charge in [0.2, 0.25) is 0 Å². The van der Waals surface area contributed by atoms with Crippen molar-refractivity contribution in [2.45, 2.75) is 32.7 Å². The number of hydrogen-bond donors (Lipinski definition) is 1. The van der Waals surface area contributed by atoms with E-state index in [4.69, 9.17) is 10.5 Å². The molecular formula is C15H22N2O2. The number of hydrogen-bond acceptors (Lipinski definition) is 3. The molecule has 19 heavy (non-hydrogen) atoms. The molecule has 1 aromatic carbocycles. The van der Waals surface area contributed by atoms with Crippen molar-refractivity contribution in [3.63, 3.8) is 0 Å². The summed E-state index contributed by atoms with van der Waals surface area (Å²) in [6.07, 6.45) is 3.15. The molecule has 0 bridgehead atoms. The Balaban J connectivity index is 1.77. The van der Waals surface area contributed by atoms with Gasteiger partial charge in [0.05, 0.1) is 0 Å². The quantitative estimate of drug-likeness (QED) is 0.606. The van der Waals surface area contributed by atoms with Gasteiger partial charge in [-0.2, -0.15) is 0 Å². The van der Waals surface area contributed by atoms with Crippen molar-refractivity contribution >= 4 is 11.6 Å². The van der Waals surface area contributed by atoms with Crippen LogP contribution in [0.15, 0.2) is 18.2 Å². The first-order valence-corrected chi connectivity index (χ1v) is 6.97. The lowest BCUT2D eigenvalue weighted by atomic mass is 10.1. The number of unbranched alkanes of at least 4 members (excludes halogenated alkanes) is 1. The summed E-state index contributed by atoms with van der Waals surface area (Å²) in [6, 6.07) is 5.57. The van der Waals surface area contributed by atoms with Crippen molar-refractivity contribution in [2.75, 3.05) is 25.5 Å². The lowest BCUT2D eigenvalue weighted by Crippen LogP contribution is -2.25. The van der Waals surface area contributed by atoms with Crippen molar-refractivity contribution in [1.29, 1.82) is 0 Å². The van der Waals surface area contributed by atoms with E-state index in [1.165, 1.54) is 0 Å². The van der Waals surface area contributed by atoms with E-state index >= 15 is 0 Å². The molecule has 4 heteroatoms. The molecule has 4 nitrogen and oxygen atoms in total. The average molecular weight is 262 g/mol. The van der Waals surface area contributed by atoms with Crippen LogP contribution in [0.4, 0.5) is 5.69 Å². The smallest absolute Gasteiger partial charge is 0.254 e. The predicted octanol–water partition coefficient (Wildman–Crippen LogP) is 2.43. The largest absolute Gasteiger partial charge is 0.399 e. The molecule has 2 rings (SSSR count). The highest BCUT2D eigenvalue weighted by molar-refractivity contribution is 5.99. The first kappa shape index (κ1) is 13.9. The van der Waals surface area contributed by atoms with Crippen LogP contribution >= 0.6 is 0 Å². The van der Waals surface area contributed by atoms with Crippen LogP contribution in [0.1, 0.15) is 42.1 Å². The van der Waals surface area contributed by atoms with Gasteiger partial charge in [-0.1, -0.05) is 19.4 Å². The molecule has 1 amide bonds. The van der Waals surface area contributed by atoms with Gasteiger partial charge in [-0.05, 0) is 30.5 Å². The van der Waals surface area contributed by atoms with E-state index in [0.29, 0.717) is 12.2 Å². The third-order valence-electron chi connectivity index (χ3n) is 3.37. The average Bonchev–Trinajstić information content (AvgIpc) is 2.71. The second kappa shape index (κ2) is 6.57. The first-order chi connectivity index (χ1) is 9.22. The number of benzene rings is 1. The number of fused-ring (bicyclic) bond motifs is 1. The summed E-state index contributed by atoms with van der Waals surface area (Å²) >= 11 is 0. The fraction of sp³-hybridized carbons (Fsp3) is 0.533. The minimum absolute atomic E-state index is 0.0934. The Hall–Kier alpha value is -1.55. The van der Waals surface area contributed by atoms with E-state index in [2.05, 4.69) is 6.92 Å². The number of nitrogens with two attached hydrogens (primary N) is 1. The van der Waals surface area contributed by atoms with Gasteiger partial charge in [-0.15, -0.1) is 0 Å². The maximum absolute atomic E-state index is 12.1. The van der Waals surface area contributed by atoms with Gasteiger partial charge < -0.3 is 15.4 Å². The van der Waals surface area contributed by atoms with Crippen LogP contribution in [0.2, 0.25) is 0 Å². The standard InChI is InChI=1S/C15H22N2O2/c1-2-3-8-19-9-4-7-17-11-12-5-6-13(16)10-14(12)15(17)18/h5-6,10H,2-4,7-9,11,16H2,1H3. The van der Waals surface area contributed by atoms with Crippen LogP contribution in [0, 0.1) is 0 Å². The molecule has 0 atom stereocenters. The number of nitrogens with zero attached hydrogens (tertiary/aromatic N) is 1. The predicted molar refractivity (Wildman–Crippen MR) is 75.9 cm³/mol. The maximum Gasteiger partial charge on any atom is 0.254 e. The highest BCUT2D eigenvalue weighted by Gasteiger charge is 2.26. The lowest BCUT2D eigenvalue weighted by Gasteiger charge is -2.15. The summed E-state index contributed by atoms with van der Waals surface area (Å²) in [5, 5.41) is 0. The van der Waals surface area contributed by atoms with Crippen molar-refractivity contribution < 1.29 is 9.53 Å². The van der Waals surface area contributed by atoms with Gasteiger partial charge in [0, 0.05) is 37.6 Å². The SMILES string of the molecule is CCCCOCCCN1Cc2ccc(N)cc2C1=O. The van der Waals surface area contributed by atoms with Crippen LogP contribution in [0.5, 0.6) is 0 Å². The van der Waals surface area contributed by atoms with E-state index in [-0.39, 0.29) is 5.91 Å². The van der Waals surface area contributed by atoms with E-state index < -0.39 is 0 Å². The van der Waals surface area contributed by atoms with Crippen molar-refractivity contribution in [3.05, 3.63) is 29.3 Å². The number of nitrogen functional groups attached to an aromatic ring is 1. The minimum Gasteiger partial charge on any atom is -0.399 e. The van der Waals surface area contributed by atoms with Crippen molar-refractivity contribution in [2.24, 2.45) is 0 Å². The van der Waals surface area contributed by atoms with Crippen LogP contribution in [0.3, 0.4) is 0 Å². The Morgan fingerprint density at radius 1 is 1.32 bits per heavy atom. The third-order valence-corrected chi connectivity index (χ3v) is 3.37. The molecule has 1 heterocycles. The number of rotatable bonds is 7. The molecule has 104 valence electrons. The normalized spacial score (nSPS) is 13.9. The highest BCUT2D eigenvalue weighted by atomic mass is 16.5. The molecule has 0 aromatic heterocycles. The van der Waals surface area contributed by atoms with Gasteiger partial charge in [-0.25, -0.2) is 0 Å². The molecule has 0 saturated heterocycles. The fourth-order valence-corrected chi connectivity index (χ4v) is 2.27. The monoisotopic (exact) mass is 262 g/mol. The highest BCUT2D eigenvalue weighted by Crippen LogP contribution is 2.24. The second-order valence-corrected chi connectivity index (χ2v) is 4.96. The van der Waals surface area contributed by atoms with Crippen LogP contribution in [-0.4, -0.2) is 30.6 Å². The molecule has 0 aliphatic carbocycles. The molecule has 2 N–H and O–H groups in total. The maximum atomic E-state index is 12.1. The lowest BCUT2D eigenvalue weighted by molar-refractivity contribution is 0.0741. The van der Waals surface area contributed by atoms with Gasteiger partial charge in [0.25, 0.3) is 5.91 Å². The second-order valence-electron chi connectivity index (χ2n) is 4.96. The zero-order valence-corrected chi connectivity index (χ0v) is 11.5. The van der Waals surface area contributed by atoms with Crippen molar-refractivity contribution in [3.8, 4) is 0 Å². The number of carbonyl (C=O) groups is 1. The molecule has 0 unspecified atom stereocenters. The number of amides is 1. The van der Waals surface area contributed by atoms with Crippen molar-refractivity contribution in [1.82, 2.24) is 4.90 Å². The van der Waals surface area contributed by atoms with Gasteiger partial charge in [0.1, 0.15) is 0 Å². The Morgan fingerprint density at radius 3 is 2.89 bits per heavy atom. The van der Waals surface area contributed by atoms with Gasteiger partial charge in [-0.3, -0.25) is 4.79 Å². The number of anilines is 1. The first-order valence-electron chi connectivity index (χ1n) is 6.97. The molecular weight excluding hydrogens is 240 g/mol. The van der Waals surface area contributed by atoms with E-state index in [1.54, 1.807) is 6.07 Å². The van der Waals surface area contributed by atoms with Crippen LogP contribution in [0.25, 0.3) is 0 Å². The summed E-state index contributed by atoms with van der Waals surface area (Å²) in [5.41, 5.74) is 8.20. The molecule has 0 radical (unpaired) electrons. The summed E-state index contributed by atoms with van der Waals surface area (Å²) < 4.78 is 5.51. The molecule has 1 aliphatic rings. The van der Waals surface area contributed by atoms with Crippen LogP contribution < -0.4 is 5.73 Å². The summed E-state index contributed by atoms with van der Waals surface area (Å²) in [6.45, 7) is 5.14. The van der Waals surface area contributed by atoms with E-state index in [9.17, 15) is 4.79 Å². The Kier molecular flexibility index (Phi) is 4.80. The third kappa shape index (κ3) is 3.47. The summed E-state index contributed by atoms with van der Waals surface area (Å²) in [7, 11) is 0. The minimum atomic E-state index is 0.0934. The number of carbonyl (C=O) groups excluding carboxylic acids is 1. The Bertz CT molecular complexity index is 446. The zero-order valence-electron chi connectivity index (χ0n) is 11.5. The van der Waals surface area contributed by atoms with Gasteiger partial charge in [0.15, 0.2) is 0 Å². The summed E-state index contributed by atoms with van der Waals surface area (Å²) in [5.74, 6) is 0.0934. The van der Waals surface area contributed by atoms with Gasteiger partial charge >= 0.3 is 0 Å². The Morgan fingerprint density at radius 2 is 2.11 bits per heavy atom. The summed E-state index contributed by atoms with van der Waals surface area (Å²) in [4.78, 5) is 14.0. The fourth-order valence-electron chi connectivity index (χ4n) is 2.27. The number of ether oxygens (including phenoxy) is 1. The zero-order chi connectivity index (χ0) is 13.7.